The summed E-state index contributed by atoms with van der Waals surface area (Å²) in [5, 5.41) is 21.2. The van der Waals surface area contributed by atoms with Crippen molar-refractivity contribution in [3.63, 3.8) is 0 Å². The number of carboxylic acids is 2. The van der Waals surface area contributed by atoms with Crippen molar-refractivity contribution in [1.29, 1.82) is 0 Å². The van der Waals surface area contributed by atoms with Crippen molar-refractivity contribution in [3.05, 3.63) is 65.7 Å². The van der Waals surface area contributed by atoms with E-state index >= 15 is 0 Å². The predicted molar refractivity (Wildman–Crippen MR) is 126 cm³/mol. The van der Waals surface area contributed by atoms with Crippen LogP contribution in [0.15, 0.2) is 54.6 Å². The minimum atomic E-state index is -1.28. The summed E-state index contributed by atoms with van der Waals surface area (Å²) in [5.41, 5.74) is 2.34. The lowest BCUT2D eigenvalue weighted by molar-refractivity contribution is -0.157. The molecule has 0 saturated heterocycles. The van der Waals surface area contributed by atoms with E-state index < -0.39 is 49.1 Å². The molecule has 182 valence electrons. The summed E-state index contributed by atoms with van der Waals surface area (Å²) in [4.78, 5) is 49.4. The molecule has 0 aromatic heterocycles. The Balaban J connectivity index is 0.00000408. The maximum absolute atomic E-state index is 13.3. The number of hydrogen-bond donors (Lipinski definition) is 3. The highest BCUT2D eigenvalue weighted by Gasteiger charge is 2.34. The highest BCUT2D eigenvalue weighted by Crippen LogP contribution is 2.27. The molecule has 0 bridgehead atoms. The van der Waals surface area contributed by atoms with Crippen molar-refractivity contribution in [2.45, 2.75) is 37.8 Å². The number of nitrogens with zero attached hydrogens (tertiary/aromatic N) is 1. The first-order valence-electron chi connectivity index (χ1n) is 10.6. The molecule has 0 radical (unpaired) electrons. The van der Waals surface area contributed by atoms with E-state index in [4.69, 9.17) is 9.84 Å². The second kappa shape index (κ2) is 12.7. The van der Waals surface area contributed by atoms with Gasteiger partial charge in [-0.25, -0.2) is 4.79 Å². The average Bonchev–Trinajstić information content (AvgIpc) is 2.92. The number of aliphatic carboxylic acids is 2. The molecule has 0 spiro atoms. The minimum Gasteiger partial charge on any atom is -0.480 e. The zero-order valence-electron chi connectivity index (χ0n) is 18.4. The van der Waals surface area contributed by atoms with Crippen molar-refractivity contribution in [3.8, 4) is 0 Å². The number of anilines is 1. The maximum Gasteiger partial charge on any atom is 0.341 e. The van der Waals surface area contributed by atoms with E-state index in [-0.39, 0.29) is 18.8 Å². The molecule has 1 heterocycles. The smallest absolute Gasteiger partial charge is 0.341 e. The first-order valence-corrected chi connectivity index (χ1v) is 10.6. The number of benzene rings is 2. The molecule has 2 aromatic rings. The summed E-state index contributed by atoms with van der Waals surface area (Å²) in [6, 6.07) is 14.7. The summed E-state index contributed by atoms with van der Waals surface area (Å²) in [6.45, 7) is -1.29. The number of fused-ring (bicyclic) bond motifs is 1. The van der Waals surface area contributed by atoms with Crippen LogP contribution in [-0.2, 0) is 36.8 Å². The third-order valence-electron chi connectivity index (χ3n) is 5.43. The van der Waals surface area contributed by atoms with Crippen LogP contribution in [0.2, 0.25) is 0 Å². The Labute approximate surface area is 203 Å². The van der Waals surface area contributed by atoms with Gasteiger partial charge in [-0.3, -0.25) is 24.6 Å². The number of carbonyl (C=O) groups is 4. The van der Waals surface area contributed by atoms with Gasteiger partial charge in [-0.15, -0.1) is 12.4 Å². The topological polar surface area (TPSA) is 133 Å². The third-order valence-corrected chi connectivity index (χ3v) is 5.43. The normalized spacial score (nSPS) is 15.9. The number of carboxylic acid groups (broad SMARTS) is 2. The average molecular weight is 491 g/mol. The Morgan fingerprint density at radius 2 is 1.71 bits per heavy atom. The number of nitrogens with one attached hydrogen (secondary N) is 1. The second-order valence-electron chi connectivity index (χ2n) is 7.78. The van der Waals surface area contributed by atoms with E-state index in [0.29, 0.717) is 24.9 Å². The molecular formula is C24H27ClN2O7. The van der Waals surface area contributed by atoms with Gasteiger partial charge in [-0.1, -0.05) is 48.5 Å². The van der Waals surface area contributed by atoms with Crippen LogP contribution in [-0.4, -0.2) is 59.3 Å². The van der Waals surface area contributed by atoms with Crippen molar-refractivity contribution in [2.75, 3.05) is 18.1 Å². The molecule has 34 heavy (non-hydrogen) atoms. The Kier molecular flexibility index (Phi) is 10.0. The molecule has 3 N–H and O–H groups in total. The predicted octanol–water partition coefficient (Wildman–Crippen LogP) is 2.06. The van der Waals surface area contributed by atoms with Crippen LogP contribution >= 0.6 is 12.4 Å². The zero-order valence-corrected chi connectivity index (χ0v) is 19.2. The largest absolute Gasteiger partial charge is 0.480 e. The van der Waals surface area contributed by atoms with E-state index in [9.17, 15) is 24.3 Å². The van der Waals surface area contributed by atoms with E-state index in [1.165, 1.54) is 4.90 Å². The lowest BCUT2D eigenvalue weighted by atomic mass is 10.0. The van der Waals surface area contributed by atoms with Crippen LogP contribution in [0.3, 0.4) is 0 Å². The molecule has 2 aromatic carbocycles. The lowest BCUT2D eigenvalue weighted by Gasteiger charge is -2.27. The van der Waals surface area contributed by atoms with Crippen molar-refractivity contribution >= 4 is 41.9 Å². The fourth-order valence-corrected chi connectivity index (χ4v) is 3.87. The van der Waals surface area contributed by atoms with Crippen molar-refractivity contribution < 1.29 is 34.1 Å². The molecule has 1 amide bonds. The summed E-state index contributed by atoms with van der Waals surface area (Å²) in [6.07, 6.45) is 1.63. The first kappa shape index (κ1) is 26.8. The Bertz CT molecular complexity index is 1020. The Morgan fingerprint density at radius 3 is 2.38 bits per heavy atom. The van der Waals surface area contributed by atoms with Gasteiger partial charge in [0.15, 0.2) is 6.61 Å². The summed E-state index contributed by atoms with van der Waals surface area (Å²) >= 11 is 0. The quantitative estimate of drug-likeness (QED) is 0.431. The van der Waals surface area contributed by atoms with Gasteiger partial charge in [-0.05, 0) is 42.9 Å². The molecule has 10 heteroatoms. The summed E-state index contributed by atoms with van der Waals surface area (Å²) in [5.74, 6) is -3.66. The number of esters is 1. The number of carbonyl (C=O) groups excluding carboxylic acids is 2. The number of rotatable bonds is 10. The molecule has 1 aliphatic rings. The highest BCUT2D eigenvalue weighted by molar-refractivity contribution is 6.02. The van der Waals surface area contributed by atoms with Gasteiger partial charge in [0, 0.05) is 5.69 Å². The van der Waals surface area contributed by atoms with Crippen LogP contribution in [0.4, 0.5) is 5.69 Å². The Morgan fingerprint density at radius 1 is 1.03 bits per heavy atom. The van der Waals surface area contributed by atoms with Gasteiger partial charge < -0.3 is 14.9 Å². The molecule has 0 saturated carbocycles. The van der Waals surface area contributed by atoms with Crippen LogP contribution in [0.25, 0.3) is 0 Å². The van der Waals surface area contributed by atoms with Crippen LogP contribution in [0.1, 0.15) is 24.0 Å². The zero-order chi connectivity index (χ0) is 23.8. The number of para-hydroxylation sites is 1. The monoisotopic (exact) mass is 490 g/mol. The Hall–Kier alpha value is -3.43. The van der Waals surface area contributed by atoms with Gasteiger partial charge in [0.2, 0.25) is 5.91 Å². The van der Waals surface area contributed by atoms with E-state index in [1.807, 2.05) is 42.5 Å². The molecule has 0 fully saturated rings. The highest BCUT2D eigenvalue weighted by atomic mass is 35.5. The number of aryl methyl sites for hydroxylation is 2. The summed E-state index contributed by atoms with van der Waals surface area (Å²) < 4.78 is 4.90. The van der Waals surface area contributed by atoms with Crippen LogP contribution in [0.5, 0.6) is 0 Å². The molecule has 1 aliphatic heterocycles. The minimum absolute atomic E-state index is 0. The van der Waals surface area contributed by atoms with Crippen molar-refractivity contribution in [1.82, 2.24) is 5.32 Å². The number of amides is 1. The SMILES string of the molecule is Cl.O=C(O)COC(=O)[C@H](CCc1ccccc1)N[C@H]1CCc2ccccc2N(CC(=O)O)C1=O. The number of hydrogen-bond acceptors (Lipinski definition) is 6. The number of ether oxygens (including phenoxy) is 1. The van der Waals surface area contributed by atoms with Gasteiger partial charge in [0.05, 0.1) is 6.04 Å². The van der Waals surface area contributed by atoms with Crippen molar-refractivity contribution in [2.24, 2.45) is 0 Å². The van der Waals surface area contributed by atoms with E-state index in [1.54, 1.807) is 12.1 Å². The van der Waals surface area contributed by atoms with Crippen LogP contribution < -0.4 is 10.2 Å². The van der Waals surface area contributed by atoms with Gasteiger partial charge in [-0.2, -0.15) is 0 Å². The molecular weight excluding hydrogens is 464 g/mol. The lowest BCUT2D eigenvalue weighted by Crippen LogP contribution is -2.53. The van der Waals surface area contributed by atoms with Gasteiger partial charge in [0.1, 0.15) is 12.6 Å². The molecule has 2 atom stereocenters. The van der Waals surface area contributed by atoms with E-state index in [0.717, 1.165) is 11.1 Å². The third kappa shape index (κ3) is 7.29. The van der Waals surface area contributed by atoms with E-state index in [2.05, 4.69) is 5.32 Å². The first-order chi connectivity index (χ1) is 15.8. The summed E-state index contributed by atoms with van der Waals surface area (Å²) in [7, 11) is 0. The van der Waals surface area contributed by atoms with Gasteiger partial charge >= 0.3 is 17.9 Å². The van der Waals surface area contributed by atoms with Crippen LogP contribution in [0, 0.1) is 0 Å². The molecule has 3 rings (SSSR count). The maximum atomic E-state index is 13.3. The molecule has 9 nitrogen and oxygen atoms in total. The fraction of sp³-hybridized carbons (Fsp3) is 0.333. The van der Waals surface area contributed by atoms with Gasteiger partial charge in [0.25, 0.3) is 0 Å². The molecule has 0 unspecified atom stereocenters. The standard InChI is InChI=1S/C24H26N2O7.ClH/c27-21(28)14-26-20-9-5-4-8-17(20)11-13-18(23(26)31)25-19(24(32)33-15-22(29)30)12-10-16-6-2-1-3-7-16;/h1-9,18-19,25H,10-15H2,(H,27,28)(H,29,30);1H/t18-,19-;/m0./s1. The number of halogens is 1. The molecule has 0 aliphatic carbocycles. The fourth-order valence-electron chi connectivity index (χ4n) is 3.87. The second-order valence-corrected chi connectivity index (χ2v) is 7.78.